The van der Waals surface area contributed by atoms with Gasteiger partial charge in [-0.05, 0) is 43.3 Å². The molecule has 1 amide bonds. The summed E-state index contributed by atoms with van der Waals surface area (Å²) in [5, 5.41) is 6.33. The van der Waals surface area contributed by atoms with Crippen LogP contribution in [0.1, 0.15) is 16.2 Å². The van der Waals surface area contributed by atoms with E-state index in [0.29, 0.717) is 33.9 Å². The van der Waals surface area contributed by atoms with Gasteiger partial charge < -0.3 is 20.1 Å². The molecule has 8 heteroatoms. The number of carbonyl (C=O) groups is 1. The van der Waals surface area contributed by atoms with Crippen LogP contribution in [-0.2, 0) is 0 Å². The fourth-order valence-corrected chi connectivity index (χ4v) is 2.71. The number of amides is 1. The summed E-state index contributed by atoms with van der Waals surface area (Å²) in [7, 11) is 3.11. The number of nitrogens with one attached hydrogen (secondary N) is 2. The number of ether oxygens (including phenoxy) is 2. The number of benzene rings is 2. The molecule has 0 atom stereocenters. The number of aryl methyl sites for hydroxylation is 1. The number of hydrogen-bond acceptors (Lipinski definition) is 6. The largest absolute Gasteiger partial charge is 0.497 e. The molecule has 0 radical (unpaired) electrons. The highest BCUT2D eigenvalue weighted by atomic mass is 35.5. The van der Waals surface area contributed by atoms with Gasteiger partial charge in [-0.1, -0.05) is 17.7 Å². The summed E-state index contributed by atoms with van der Waals surface area (Å²) >= 11 is 6.02. The van der Waals surface area contributed by atoms with Gasteiger partial charge in [0.15, 0.2) is 0 Å². The first-order valence-corrected chi connectivity index (χ1v) is 8.78. The Morgan fingerprint density at radius 1 is 1.04 bits per heavy atom. The Morgan fingerprint density at radius 3 is 2.61 bits per heavy atom. The molecule has 0 bridgehead atoms. The normalized spacial score (nSPS) is 10.3. The van der Waals surface area contributed by atoms with Crippen LogP contribution in [0.5, 0.6) is 11.5 Å². The summed E-state index contributed by atoms with van der Waals surface area (Å²) < 4.78 is 10.5. The third-order valence-corrected chi connectivity index (χ3v) is 4.06. The van der Waals surface area contributed by atoms with E-state index < -0.39 is 5.91 Å². The zero-order valence-corrected chi connectivity index (χ0v) is 16.4. The van der Waals surface area contributed by atoms with Crippen molar-refractivity contribution in [3.8, 4) is 11.5 Å². The molecule has 2 aromatic carbocycles. The molecule has 0 spiro atoms. The predicted molar refractivity (Wildman–Crippen MR) is 109 cm³/mol. The highest BCUT2D eigenvalue weighted by molar-refractivity contribution is 6.31. The van der Waals surface area contributed by atoms with Crippen LogP contribution in [0.3, 0.4) is 0 Å². The maximum absolute atomic E-state index is 12.7. The first-order chi connectivity index (χ1) is 13.5. The third kappa shape index (κ3) is 4.69. The van der Waals surface area contributed by atoms with Crippen LogP contribution in [0, 0.1) is 6.92 Å². The maximum atomic E-state index is 12.7. The molecule has 0 fully saturated rings. The summed E-state index contributed by atoms with van der Waals surface area (Å²) in [4.78, 5) is 21.3. The minimum Gasteiger partial charge on any atom is -0.497 e. The van der Waals surface area contributed by atoms with Gasteiger partial charge in [-0.2, -0.15) is 0 Å². The number of methoxy groups -OCH3 is 2. The van der Waals surface area contributed by atoms with Crippen molar-refractivity contribution in [2.75, 3.05) is 24.9 Å². The number of anilines is 3. The smallest absolute Gasteiger partial charge is 0.274 e. The summed E-state index contributed by atoms with van der Waals surface area (Å²) in [6, 6.07) is 13.9. The van der Waals surface area contributed by atoms with Crippen LogP contribution in [-0.4, -0.2) is 30.1 Å². The quantitative estimate of drug-likeness (QED) is 0.638. The van der Waals surface area contributed by atoms with Crippen molar-refractivity contribution in [1.82, 2.24) is 9.97 Å². The fourth-order valence-electron chi connectivity index (χ4n) is 2.53. The van der Waals surface area contributed by atoms with E-state index in [2.05, 4.69) is 20.6 Å². The molecule has 0 aliphatic carbocycles. The van der Waals surface area contributed by atoms with Gasteiger partial charge in [0.25, 0.3) is 5.91 Å². The molecule has 3 aromatic rings. The average Bonchev–Trinajstić information content (AvgIpc) is 2.68. The van der Waals surface area contributed by atoms with Gasteiger partial charge in [0.2, 0.25) is 5.95 Å². The number of aromatic nitrogens is 2. The second-order valence-electron chi connectivity index (χ2n) is 5.87. The summed E-state index contributed by atoms with van der Waals surface area (Å²) in [6.45, 7) is 1.79. The van der Waals surface area contributed by atoms with E-state index in [4.69, 9.17) is 21.1 Å². The highest BCUT2D eigenvalue weighted by Crippen LogP contribution is 2.28. The lowest BCUT2D eigenvalue weighted by molar-refractivity contribution is 0.102. The van der Waals surface area contributed by atoms with E-state index in [1.54, 1.807) is 38.3 Å². The Balaban J connectivity index is 1.84. The first kappa shape index (κ1) is 19.4. The van der Waals surface area contributed by atoms with E-state index in [1.165, 1.54) is 7.11 Å². The van der Waals surface area contributed by atoms with Gasteiger partial charge in [0.1, 0.15) is 17.2 Å². The molecule has 0 aliphatic heterocycles. The summed E-state index contributed by atoms with van der Waals surface area (Å²) in [5.41, 5.74) is 2.05. The molecular formula is C20H19ClN4O3. The highest BCUT2D eigenvalue weighted by Gasteiger charge is 2.14. The van der Waals surface area contributed by atoms with Crippen LogP contribution in [0.2, 0.25) is 5.02 Å². The van der Waals surface area contributed by atoms with Gasteiger partial charge in [-0.25, -0.2) is 9.97 Å². The van der Waals surface area contributed by atoms with Crippen LogP contribution < -0.4 is 20.1 Å². The van der Waals surface area contributed by atoms with Crippen molar-refractivity contribution >= 4 is 34.8 Å². The molecule has 2 N–H and O–H groups in total. The van der Waals surface area contributed by atoms with Crippen LogP contribution in [0.25, 0.3) is 0 Å². The van der Waals surface area contributed by atoms with Gasteiger partial charge >= 0.3 is 0 Å². The molecule has 3 rings (SSSR count). The van der Waals surface area contributed by atoms with E-state index >= 15 is 0 Å². The van der Waals surface area contributed by atoms with Gasteiger partial charge in [0.05, 0.1) is 19.9 Å². The number of rotatable bonds is 6. The minimum atomic E-state index is -0.403. The van der Waals surface area contributed by atoms with Gasteiger partial charge in [-0.3, -0.25) is 4.79 Å². The van der Waals surface area contributed by atoms with Crippen molar-refractivity contribution in [2.45, 2.75) is 6.92 Å². The Kier molecular flexibility index (Phi) is 5.96. The lowest BCUT2D eigenvalue weighted by Gasteiger charge is -2.12. The molecule has 1 heterocycles. The summed E-state index contributed by atoms with van der Waals surface area (Å²) in [6.07, 6.45) is 0. The predicted octanol–water partition coefficient (Wildman–Crippen LogP) is 4.45. The maximum Gasteiger partial charge on any atom is 0.274 e. The Labute approximate surface area is 167 Å². The Hall–Kier alpha value is -3.32. The van der Waals surface area contributed by atoms with Crippen molar-refractivity contribution in [3.63, 3.8) is 0 Å². The number of nitrogens with zero attached hydrogens (tertiary/aromatic N) is 2. The van der Waals surface area contributed by atoms with E-state index in [-0.39, 0.29) is 5.69 Å². The van der Waals surface area contributed by atoms with E-state index in [0.717, 1.165) is 5.69 Å². The molecular weight excluding hydrogens is 380 g/mol. The van der Waals surface area contributed by atoms with Gasteiger partial charge in [0, 0.05) is 22.5 Å². The molecule has 1 aromatic heterocycles. The van der Waals surface area contributed by atoms with Crippen LogP contribution in [0.15, 0.2) is 48.5 Å². The van der Waals surface area contributed by atoms with Gasteiger partial charge in [-0.15, -0.1) is 0 Å². The lowest BCUT2D eigenvalue weighted by Crippen LogP contribution is -2.16. The standard InChI is InChI=1S/C20H19ClN4O3/c1-12-9-17(19(26)24-16-10-13(21)7-8-18(16)28-3)25-20(22-12)23-14-5-4-6-15(11-14)27-2/h4-11H,1-3H3,(H,24,26)(H,22,23,25). The molecule has 28 heavy (non-hydrogen) atoms. The van der Waals surface area contributed by atoms with E-state index in [1.807, 2.05) is 24.3 Å². The fraction of sp³-hybridized carbons (Fsp3) is 0.150. The first-order valence-electron chi connectivity index (χ1n) is 8.40. The second-order valence-corrected chi connectivity index (χ2v) is 6.31. The van der Waals surface area contributed by atoms with Crippen molar-refractivity contribution in [2.24, 2.45) is 0 Å². The number of halogens is 1. The SMILES string of the molecule is COc1cccc(Nc2nc(C)cc(C(=O)Nc3cc(Cl)ccc3OC)n2)c1. The average molecular weight is 399 g/mol. The van der Waals surface area contributed by atoms with E-state index in [9.17, 15) is 4.79 Å². The lowest BCUT2D eigenvalue weighted by atomic mass is 10.2. The van der Waals surface area contributed by atoms with Crippen molar-refractivity contribution < 1.29 is 14.3 Å². The third-order valence-electron chi connectivity index (χ3n) is 3.82. The molecule has 7 nitrogen and oxygen atoms in total. The van der Waals surface area contributed by atoms with Crippen LogP contribution in [0.4, 0.5) is 17.3 Å². The topological polar surface area (TPSA) is 85.4 Å². The van der Waals surface area contributed by atoms with Crippen LogP contribution >= 0.6 is 11.6 Å². The minimum absolute atomic E-state index is 0.208. The second kappa shape index (κ2) is 8.58. The number of hydrogen-bond donors (Lipinski definition) is 2. The Bertz CT molecular complexity index is 1010. The summed E-state index contributed by atoms with van der Waals surface area (Å²) in [5.74, 6) is 1.10. The zero-order valence-electron chi connectivity index (χ0n) is 15.6. The monoisotopic (exact) mass is 398 g/mol. The number of carbonyl (C=O) groups excluding carboxylic acids is 1. The van der Waals surface area contributed by atoms with Crippen molar-refractivity contribution in [3.05, 3.63) is 64.9 Å². The molecule has 144 valence electrons. The molecule has 0 aliphatic rings. The Morgan fingerprint density at radius 2 is 1.86 bits per heavy atom. The molecule has 0 saturated heterocycles. The zero-order chi connectivity index (χ0) is 20.1. The molecule has 0 saturated carbocycles. The van der Waals surface area contributed by atoms with Crippen molar-refractivity contribution in [1.29, 1.82) is 0 Å². The molecule has 0 unspecified atom stereocenters.